The van der Waals surface area contributed by atoms with E-state index < -0.39 is 10.0 Å². The molecule has 0 amide bonds. The van der Waals surface area contributed by atoms with Gasteiger partial charge in [-0.2, -0.15) is 4.31 Å². The second-order valence-electron chi connectivity index (χ2n) is 8.05. The number of methoxy groups -OCH3 is 2. The van der Waals surface area contributed by atoms with Crippen molar-refractivity contribution in [2.75, 3.05) is 20.8 Å². The zero-order valence-electron chi connectivity index (χ0n) is 18.4. The molecule has 4 rings (SSSR count). The average Bonchev–Trinajstić information content (AvgIpc) is 2.81. The number of sulfonamides is 1. The second kappa shape index (κ2) is 9.90. The highest BCUT2D eigenvalue weighted by molar-refractivity contribution is 7.89. The molecule has 0 fully saturated rings. The van der Waals surface area contributed by atoms with Crippen LogP contribution in [0, 0.1) is 5.92 Å². The zero-order chi connectivity index (χ0) is 22.6. The summed E-state index contributed by atoms with van der Waals surface area (Å²) in [6.45, 7) is 1.01. The number of rotatable bonds is 6. The van der Waals surface area contributed by atoms with Gasteiger partial charge in [0, 0.05) is 12.6 Å². The first-order valence-corrected chi connectivity index (χ1v) is 12.2. The summed E-state index contributed by atoms with van der Waals surface area (Å²) in [6.07, 6.45) is 9.87. The van der Waals surface area contributed by atoms with E-state index in [0.717, 1.165) is 17.5 Å². The summed E-state index contributed by atoms with van der Waals surface area (Å²) in [6, 6.07) is 12.2. The number of nitrogens with zero attached hydrogens (tertiary/aromatic N) is 1. The summed E-state index contributed by atoms with van der Waals surface area (Å²) in [7, 11) is -0.766. The largest absolute Gasteiger partial charge is 0.497 e. The van der Waals surface area contributed by atoms with Gasteiger partial charge in [0.15, 0.2) is 0 Å². The number of benzene rings is 2. The Hall–Kier alpha value is -2.61. The summed E-state index contributed by atoms with van der Waals surface area (Å²) in [5, 5.41) is 0. The van der Waals surface area contributed by atoms with Gasteiger partial charge in [-0.15, -0.1) is 0 Å². The second-order valence-corrected chi connectivity index (χ2v) is 9.91. The van der Waals surface area contributed by atoms with E-state index in [4.69, 9.17) is 14.2 Å². The van der Waals surface area contributed by atoms with Crippen LogP contribution in [-0.2, 0) is 27.9 Å². The highest BCUT2D eigenvalue weighted by atomic mass is 32.2. The van der Waals surface area contributed by atoms with Crippen molar-refractivity contribution in [1.29, 1.82) is 0 Å². The van der Waals surface area contributed by atoms with Crippen molar-refractivity contribution >= 4 is 10.0 Å². The molecule has 1 aliphatic heterocycles. The van der Waals surface area contributed by atoms with Gasteiger partial charge in [0.05, 0.1) is 27.4 Å². The topological polar surface area (TPSA) is 65.1 Å². The molecule has 2 aromatic rings. The van der Waals surface area contributed by atoms with E-state index in [-0.39, 0.29) is 23.4 Å². The van der Waals surface area contributed by atoms with Crippen LogP contribution in [0.1, 0.15) is 24.0 Å². The van der Waals surface area contributed by atoms with Crippen molar-refractivity contribution in [1.82, 2.24) is 4.31 Å². The lowest BCUT2D eigenvalue weighted by atomic mass is 9.93. The maximum atomic E-state index is 14.0. The lowest BCUT2D eigenvalue weighted by Crippen LogP contribution is -2.44. The molecule has 0 aromatic heterocycles. The minimum absolute atomic E-state index is 0.164. The predicted molar refractivity (Wildman–Crippen MR) is 123 cm³/mol. The van der Waals surface area contributed by atoms with Gasteiger partial charge in [0.25, 0.3) is 0 Å². The van der Waals surface area contributed by atoms with Gasteiger partial charge >= 0.3 is 0 Å². The normalized spacial score (nSPS) is 21.4. The van der Waals surface area contributed by atoms with E-state index in [1.54, 1.807) is 35.7 Å². The molecule has 1 aliphatic carbocycles. The SMILES string of the molecule is COc1ccc2c(c1)CN(S(=O)(=O)c1ccccc1OC)C(CC1C=CC=CC1)COC2. The molecule has 0 N–H and O–H groups in total. The third-order valence-corrected chi connectivity index (χ3v) is 7.95. The summed E-state index contributed by atoms with van der Waals surface area (Å²) in [5.74, 6) is 1.28. The van der Waals surface area contributed by atoms with E-state index in [1.807, 2.05) is 30.4 Å². The molecule has 2 unspecified atom stereocenters. The highest BCUT2D eigenvalue weighted by Crippen LogP contribution is 2.34. The van der Waals surface area contributed by atoms with Crippen LogP contribution < -0.4 is 9.47 Å². The molecule has 2 atom stereocenters. The Morgan fingerprint density at radius 2 is 1.91 bits per heavy atom. The first kappa shape index (κ1) is 22.6. The molecule has 0 spiro atoms. The van der Waals surface area contributed by atoms with E-state index in [2.05, 4.69) is 12.2 Å². The quantitative estimate of drug-likeness (QED) is 0.649. The Labute approximate surface area is 190 Å². The average molecular weight is 456 g/mol. The number of hydrogen-bond acceptors (Lipinski definition) is 5. The van der Waals surface area contributed by atoms with Crippen LogP contribution in [0.25, 0.3) is 0 Å². The van der Waals surface area contributed by atoms with Gasteiger partial charge in [-0.25, -0.2) is 8.42 Å². The van der Waals surface area contributed by atoms with Crippen LogP contribution >= 0.6 is 0 Å². The molecule has 6 nitrogen and oxygen atoms in total. The lowest BCUT2D eigenvalue weighted by Gasteiger charge is -2.35. The minimum Gasteiger partial charge on any atom is -0.497 e. The summed E-state index contributed by atoms with van der Waals surface area (Å²) < 4.78 is 46.3. The van der Waals surface area contributed by atoms with Gasteiger partial charge in [0.1, 0.15) is 16.4 Å². The molecule has 0 saturated carbocycles. The predicted octanol–water partition coefficient (Wildman–Crippen LogP) is 4.32. The number of allylic oxidation sites excluding steroid dienone is 4. The van der Waals surface area contributed by atoms with Crippen LogP contribution in [0.15, 0.2) is 71.7 Å². The first-order chi connectivity index (χ1) is 15.5. The summed E-state index contributed by atoms with van der Waals surface area (Å²) in [5.41, 5.74) is 1.84. The van der Waals surface area contributed by atoms with E-state index >= 15 is 0 Å². The lowest BCUT2D eigenvalue weighted by molar-refractivity contribution is 0.0604. The van der Waals surface area contributed by atoms with Crippen LogP contribution in [0.2, 0.25) is 0 Å². The molecule has 0 radical (unpaired) electrons. The van der Waals surface area contributed by atoms with E-state index in [1.165, 1.54) is 7.11 Å². The van der Waals surface area contributed by atoms with Crippen LogP contribution in [0.5, 0.6) is 11.5 Å². The molecule has 0 bridgehead atoms. The molecule has 2 aromatic carbocycles. The highest BCUT2D eigenvalue weighted by Gasteiger charge is 2.36. The molecule has 32 heavy (non-hydrogen) atoms. The Kier molecular flexibility index (Phi) is 6.98. The monoisotopic (exact) mass is 455 g/mol. The smallest absolute Gasteiger partial charge is 0.247 e. The van der Waals surface area contributed by atoms with Gasteiger partial charge in [-0.1, -0.05) is 42.5 Å². The standard InChI is InChI=1S/C25H29NO5S/c1-29-23-13-12-20-17-31-18-22(14-19-8-4-3-5-9-19)26(16-21(20)15-23)32(27,28)25-11-7-6-10-24(25)30-2/h3-8,10-13,15,19,22H,9,14,16-18H2,1-2H3. The number of para-hydroxylation sites is 1. The van der Waals surface area contributed by atoms with Crippen LogP contribution in [-0.4, -0.2) is 39.6 Å². The number of hydrogen-bond donors (Lipinski definition) is 0. The zero-order valence-corrected chi connectivity index (χ0v) is 19.3. The van der Waals surface area contributed by atoms with Gasteiger partial charge in [-0.3, -0.25) is 0 Å². The Bertz CT molecular complexity index is 1110. The number of fused-ring (bicyclic) bond motifs is 1. The molecule has 2 aliphatic rings. The fraction of sp³-hybridized carbons (Fsp3) is 0.360. The van der Waals surface area contributed by atoms with E-state index in [9.17, 15) is 8.42 Å². The van der Waals surface area contributed by atoms with Gasteiger partial charge < -0.3 is 14.2 Å². The maximum absolute atomic E-state index is 14.0. The Morgan fingerprint density at radius 3 is 2.66 bits per heavy atom. The van der Waals surface area contributed by atoms with Gasteiger partial charge in [0.2, 0.25) is 10.0 Å². The molecule has 1 heterocycles. The van der Waals surface area contributed by atoms with Crippen molar-refractivity contribution in [3.05, 3.63) is 77.9 Å². The molecule has 0 saturated heterocycles. The minimum atomic E-state index is -3.86. The maximum Gasteiger partial charge on any atom is 0.247 e. The molecular formula is C25H29NO5S. The van der Waals surface area contributed by atoms with Crippen LogP contribution in [0.3, 0.4) is 0 Å². The fourth-order valence-corrected chi connectivity index (χ4v) is 6.04. The summed E-state index contributed by atoms with van der Waals surface area (Å²) >= 11 is 0. The fourth-order valence-electron chi connectivity index (χ4n) is 4.28. The van der Waals surface area contributed by atoms with E-state index in [0.29, 0.717) is 31.1 Å². The first-order valence-electron chi connectivity index (χ1n) is 10.7. The summed E-state index contributed by atoms with van der Waals surface area (Å²) in [4.78, 5) is 0.164. The molecular weight excluding hydrogens is 426 g/mol. The van der Waals surface area contributed by atoms with Crippen molar-refractivity contribution < 1.29 is 22.6 Å². The Morgan fingerprint density at radius 1 is 1.06 bits per heavy atom. The van der Waals surface area contributed by atoms with Gasteiger partial charge in [-0.05, 0) is 54.2 Å². The molecule has 170 valence electrons. The van der Waals surface area contributed by atoms with Crippen molar-refractivity contribution in [3.8, 4) is 11.5 Å². The third-order valence-electron chi connectivity index (χ3n) is 6.01. The van der Waals surface area contributed by atoms with Crippen molar-refractivity contribution in [2.45, 2.75) is 36.9 Å². The molecule has 7 heteroatoms. The number of ether oxygens (including phenoxy) is 3. The third kappa shape index (κ3) is 4.75. The van der Waals surface area contributed by atoms with Crippen LogP contribution in [0.4, 0.5) is 0 Å². The van der Waals surface area contributed by atoms with Crippen molar-refractivity contribution in [3.63, 3.8) is 0 Å². The Balaban J connectivity index is 1.77. The van der Waals surface area contributed by atoms with Crippen molar-refractivity contribution in [2.24, 2.45) is 5.92 Å².